The van der Waals surface area contributed by atoms with E-state index < -0.39 is 6.29 Å². The lowest BCUT2D eigenvalue weighted by Gasteiger charge is -2.25. The minimum absolute atomic E-state index is 0.213. The first-order valence-electron chi connectivity index (χ1n) is 5.43. The van der Waals surface area contributed by atoms with Gasteiger partial charge in [0, 0.05) is 26.8 Å². The van der Waals surface area contributed by atoms with Gasteiger partial charge in [-0.15, -0.1) is 0 Å². The van der Waals surface area contributed by atoms with Gasteiger partial charge in [-0.3, -0.25) is 0 Å². The zero-order valence-corrected chi connectivity index (χ0v) is 10.4. The maximum atomic E-state index is 5.79. The van der Waals surface area contributed by atoms with Crippen molar-refractivity contribution in [3.63, 3.8) is 0 Å². The van der Waals surface area contributed by atoms with Gasteiger partial charge in [0.1, 0.15) is 0 Å². The van der Waals surface area contributed by atoms with E-state index in [1.54, 1.807) is 26.7 Å². The Labute approximate surface area is 96.6 Å². The summed E-state index contributed by atoms with van der Waals surface area (Å²) in [6.07, 6.45) is 3.14. The van der Waals surface area contributed by atoms with Crippen LogP contribution in [0.3, 0.4) is 0 Å². The molecule has 0 aliphatic heterocycles. The smallest absolute Gasteiger partial charge is 0.200 e. The summed E-state index contributed by atoms with van der Waals surface area (Å²) in [7, 11) is 3.22. The fraction of sp³-hybridized carbons (Fsp3) is 0.727. The summed E-state index contributed by atoms with van der Waals surface area (Å²) in [5.74, 6) is 0.437. The molecule has 2 N–H and O–H groups in total. The Kier molecular flexibility index (Phi) is 4.92. The van der Waals surface area contributed by atoms with Crippen molar-refractivity contribution >= 4 is 0 Å². The molecular weight excluding hydrogens is 206 g/mol. The quantitative estimate of drug-likeness (QED) is 0.745. The third-order valence-corrected chi connectivity index (χ3v) is 2.73. The number of ether oxygens (including phenoxy) is 2. The minimum Gasteiger partial charge on any atom is -0.350 e. The van der Waals surface area contributed by atoms with Crippen LogP contribution in [-0.4, -0.2) is 30.3 Å². The van der Waals surface area contributed by atoms with E-state index in [1.807, 2.05) is 4.57 Å². The number of nitrogens with two attached hydrogens (primary N) is 1. The number of aromatic nitrogens is 2. The highest BCUT2D eigenvalue weighted by atomic mass is 16.7. The third-order valence-electron chi connectivity index (χ3n) is 2.73. The summed E-state index contributed by atoms with van der Waals surface area (Å²) in [5.41, 5.74) is 6.68. The van der Waals surface area contributed by atoms with E-state index in [0.29, 0.717) is 12.5 Å². The van der Waals surface area contributed by atoms with E-state index >= 15 is 0 Å². The van der Waals surface area contributed by atoms with Crippen molar-refractivity contribution in [2.75, 3.05) is 20.8 Å². The standard InChI is InChI=1S/C11H21N3O2/c1-8(2)9(5-12)14-7-13-6-10(14)11(15-3)16-4/h6-9,11H,5,12H2,1-4H3. The fourth-order valence-electron chi connectivity index (χ4n) is 1.82. The van der Waals surface area contributed by atoms with Crippen LogP contribution in [0, 0.1) is 5.92 Å². The van der Waals surface area contributed by atoms with Crippen LogP contribution in [0.5, 0.6) is 0 Å². The molecule has 0 radical (unpaired) electrons. The predicted molar refractivity (Wildman–Crippen MR) is 61.9 cm³/mol. The highest BCUT2D eigenvalue weighted by molar-refractivity contribution is 5.03. The van der Waals surface area contributed by atoms with Gasteiger partial charge in [0.05, 0.1) is 18.2 Å². The molecule has 0 fully saturated rings. The molecule has 92 valence electrons. The molecule has 0 aliphatic rings. The second-order valence-corrected chi connectivity index (χ2v) is 4.08. The monoisotopic (exact) mass is 227 g/mol. The van der Waals surface area contributed by atoms with E-state index in [0.717, 1.165) is 5.69 Å². The van der Waals surface area contributed by atoms with Crippen LogP contribution >= 0.6 is 0 Å². The van der Waals surface area contributed by atoms with Gasteiger partial charge in [-0.25, -0.2) is 4.98 Å². The summed E-state index contributed by atoms with van der Waals surface area (Å²) >= 11 is 0. The Morgan fingerprint density at radius 1 is 1.38 bits per heavy atom. The molecule has 1 rings (SSSR count). The molecule has 1 aromatic rings. The van der Waals surface area contributed by atoms with Crippen LogP contribution in [0.2, 0.25) is 0 Å². The van der Waals surface area contributed by atoms with Gasteiger partial charge in [0.25, 0.3) is 0 Å². The van der Waals surface area contributed by atoms with Crippen molar-refractivity contribution in [3.05, 3.63) is 18.2 Å². The Morgan fingerprint density at radius 3 is 2.44 bits per heavy atom. The number of rotatable bonds is 6. The number of hydrogen-bond donors (Lipinski definition) is 1. The van der Waals surface area contributed by atoms with Crippen molar-refractivity contribution in [2.24, 2.45) is 11.7 Å². The summed E-state index contributed by atoms with van der Waals surface area (Å²) in [6, 6.07) is 0.213. The van der Waals surface area contributed by atoms with Crippen LogP contribution in [-0.2, 0) is 9.47 Å². The maximum Gasteiger partial charge on any atom is 0.200 e. The lowest BCUT2D eigenvalue weighted by molar-refractivity contribution is -0.111. The maximum absolute atomic E-state index is 5.79. The van der Waals surface area contributed by atoms with Gasteiger partial charge in [-0.05, 0) is 5.92 Å². The Hall–Kier alpha value is -0.910. The number of nitrogens with zero attached hydrogens (tertiary/aromatic N) is 2. The topological polar surface area (TPSA) is 62.3 Å². The molecule has 1 aromatic heterocycles. The summed E-state index contributed by atoms with van der Waals surface area (Å²) in [5, 5.41) is 0. The minimum atomic E-state index is -0.393. The first-order valence-corrected chi connectivity index (χ1v) is 5.43. The lowest BCUT2D eigenvalue weighted by atomic mass is 10.0. The molecule has 0 amide bonds. The molecule has 5 heteroatoms. The van der Waals surface area contributed by atoms with E-state index in [9.17, 15) is 0 Å². The molecule has 1 unspecified atom stereocenters. The molecular formula is C11H21N3O2. The van der Waals surface area contributed by atoms with Crippen molar-refractivity contribution < 1.29 is 9.47 Å². The lowest BCUT2D eigenvalue weighted by Crippen LogP contribution is -2.26. The van der Waals surface area contributed by atoms with Crippen LogP contribution < -0.4 is 5.73 Å². The van der Waals surface area contributed by atoms with E-state index in [-0.39, 0.29) is 6.04 Å². The summed E-state index contributed by atoms with van der Waals surface area (Å²) in [4.78, 5) is 4.14. The van der Waals surface area contributed by atoms with Gasteiger partial charge >= 0.3 is 0 Å². The average molecular weight is 227 g/mol. The zero-order chi connectivity index (χ0) is 12.1. The SMILES string of the molecule is COC(OC)c1cncn1C(CN)C(C)C. The molecule has 0 saturated heterocycles. The highest BCUT2D eigenvalue weighted by Gasteiger charge is 2.21. The van der Waals surface area contributed by atoms with Crippen molar-refractivity contribution in [3.8, 4) is 0 Å². The highest BCUT2D eigenvalue weighted by Crippen LogP contribution is 2.24. The van der Waals surface area contributed by atoms with Crippen LogP contribution in [0.4, 0.5) is 0 Å². The molecule has 0 aliphatic carbocycles. The van der Waals surface area contributed by atoms with Crippen LogP contribution in [0.25, 0.3) is 0 Å². The van der Waals surface area contributed by atoms with E-state index in [2.05, 4.69) is 18.8 Å². The van der Waals surface area contributed by atoms with E-state index in [1.165, 1.54) is 0 Å². The largest absolute Gasteiger partial charge is 0.350 e. The second kappa shape index (κ2) is 5.98. The van der Waals surface area contributed by atoms with Crippen molar-refractivity contribution in [1.82, 2.24) is 9.55 Å². The predicted octanol–water partition coefficient (Wildman–Crippen LogP) is 1.33. The molecule has 1 heterocycles. The van der Waals surface area contributed by atoms with Gasteiger partial charge in [-0.1, -0.05) is 13.8 Å². The van der Waals surface area contributed by atoms with Gasteiger partial charge < -0.3 is 19.8 Å². The molecule has 5 nitrogen and oxygen atoms in total. The van der Waals surface area contributed by atoms with Gasteiger partial charge in [-0.2, -0.15) is 0 Å². The summed E-state index contributed by atoms with van der Waals surface area (Å²) < 4.78 is 12.5. The van der Waals surface area contributed by atoms with Crippen molar-refractivity contribution in [1.29, 1.82) is 0 Å². The number of imidazole rings is 1. The number of hydrogen-bond acceptors (Lipinski definition) is 4. The Morgan fingerprint density at radius 2 is 2.00 bits per heavy atom. The zero-order valence-electron chi connectivity index (χ0n) is 10.4. The summed E-state index contributed by atoms with van der Waals surface area (Å²) in [6.45, 7) is 4.84. The molecule has 1 atom stereocenters. The second-order valence-electron chi connectivity index (χ2n) is 4.08. The van der Waals surface area contributed by atoms with Gasteiger partial charge in [0.15, 0.2) is 6.29 Å². The Bertz CT molecular complexity index is 308. The van der Waals surface area contributed by atoms with Crippen LogP contribution in [0.15, 0.2) is 12.5 Å². The third kappa shape index (κ3) is 2.61. The molecule has 0 saturated carbocycles. The molecule has 0 bridgehead atoms. The first-order chi connectivity index (χ1) is 7.65. The van der Waals surface area contributed by atoms with Crippen molar-refractivity contribution in [2.45, 2.75) is 26.2 Å². The Balaban J connectivity index is 3.00. The molecule has 0 spiro atoms. The number of methoxy groups -OCH3 is 2. The van der Waals surface area contributed by atoms with Crippen LogP contribution in [0.1, 0.15) is 31.9 Å². The average Bonchev–Trinajstić information content (AvgIpc) is 2.70. The van der Waals surface area contributed by atoms with Gasteiger partial charge in [0.2, 0.25) is 0 Å². The molecule has 16 heavy (non-hydrogen) atoms. The first kappa shape index (κ1) is 13.2. The normalized spacial score (nSPS) is 13.7. The molecule has 0 aromatic carbocycles. The van der Waals surface area contributed by atoms with E-state index in [4.69, 9.17) is 15.2 Å². The fourth-order valence-corrected chi connectivity index (χ4v) is 1.82.